The molecule has 0 aliphatic rings. The average molecular weight is 491 g/mol. The lowest BCUT2D eigenvalue weighted by Crippen LogP contribution is -2.22. The first kappa shape index (κ1) is 22.9. The van der Waals surface area contributed by atoms with Crippen LogP contribution in [0.1, 0.15) is 17.0 Å². The van der Waals surface area contributed by atoms with Crippen molar-refractivity contribution in [1.82, 2.24) is 0 Å². The van der Waals surface area contributed by atoms with Crippen LogP contribution in [-0.4, -0.2) is 13.1 Å². The minimum absolute atomic E-state index is 0. The molecule has 0 fully saturated rings. The van der Waals surface area contributed by atoms with Crippen LogP contribution in [0.15, 0.2) is 115 Å². The molecule has 0 spiro atoms. The van der Waals surface area contributed by atoms with Crippen LogP contribution in [-0.2, 0) is 9.53 Å². The molecule has 4 aromatic rings. The Morgan fingerprint density at radius 2 is 1.10 bits per heavy atom. The van der Waals surface area contributed by atoms with Gasteiger partial charge in [0.05, 0.1) is 7.11 Å². The van der Waals surface area contributed by atoms with Crippen molar-refractivity contribution in [2.45, 2.75) is 5.92 Å². The van der Waals surface area contributed by atoms with Gasteiger partial charge in [-0.05, 0) is 41.0 Å². The summed E-state index contributed by atoms with van der Waals surface area (Å²) >= 11 is 0. The largest absolute Gasteiger partial charge is 0.468 e. The highest BCUT2D eigenvalue weighted by molar-refractivity contribution is 8.93. The van der Waals surface area contributed by atoms with Crippen molar-refractivity contribution in [2.24, 2.45) is 0 Å². The van der Waals surface area contributed by atoms with E-state index in [1.807, 2.05) is 54.6 Å². The van der Waals surface area contributed by atoms with Crippen LogP contribution < -0.4 is 15.9 Å². The van der Waals surface area contributed by atoms with Gasteiger partial charge in [0, 0.05) is 0 Å². The molecule has 4 aromatic carbocycles. The Morgan fingerprint density at radius 1 is 0.645 bits per heavy atom. The van der Waals surface area contributed by atoms with E-state index in [2.05, 4.69) is 60.7 Å². The number of benzene rings is 4. The van der Waals surface area contributed by atoms with Gasteiger partial charge in [-0.3, -0.25) is 4.79 Å². The molecular formula is C27H24BrO2P. The van der Waals surface area contributed by atoms with Crippen LogP contribution >= 0.6 is 24.9 Å². The quantitative estimate of drug-likeness (QED) is 0.269. The van der Waals surface area contributed by atoms with Gasteiger partial charge in [-0.25, -0.2) is 0 Å². The number of hydrogen-bond donors (Lipinski definition) is 0. The van der Waals surface area contributed by atoms with Crippen molar-refractivity contribution in [3.05, 3.63) is 126 Å². The smallest absolute Gasteiger partial charge is 0.317 e. The van der Waals surface area contributed by atoms with E-state index in [0.717, 1.165) is 11.1 Å². The van der Waals surface area contributed by atoms with Crippen molar-refractivity contribution < 1.29 is 9.53 Å². The molecule has 0 aliphatic heterocycles. The Kier molecular flexibility index (Phi) is 8.17. The molecule has 0 aliphatic carbocycles. The zero-order valence-corrected chi connectivity index (χ0v) is 19.8. The zero-order chi connectivity index (χ0) is 20.8. The second-order valence-electron chi connectivity index (χ2n) is 6.97. The Morgan fingerprint density at radius 3 is 1.61 bits per heavy atom. The minimum atomic E-state index is -0.732. The first-order valence-electron chi connectivity index (χ1n) is 9.91. The zero-order valence-electron chi connectivity index (χ0n) is 17.2. The van der Waals surface area contributed by atoms with Crippen LogP contribution in [0.4, 0.5) is 0 Å². The normalized spacial score (nSPS) is 11.4. The van der Waals surface area contributed by atoms with Gasteiger partial charge >= 0.3 is 5.97 Å². The second kappa shape index (κ2) is 11.0. The molecule has 4 heteroatoms. The van der Waals surface area contributed by atoms with Gasteiger partial charge in [-0.2, -0.15) is 0 Å². The lowest BCUT2D eigenvalue weighted by molar-refractivity contribution is -0.141. The minimum Gasteiger partial charge on any atom is -0.468 e. The van der Waals surface area contributed by atoms with Crippen LogP contribution in [0.25, 0.3) is 0 Å². The van der Waals surface area contributed by atoms with Crippen LogP contribution in [0.3, 0.4) is 0 Å². The molecule has 31 heavy (non-hydrogen) atoms. The van der Waals surface area contributed by atoms with Crippen molar-refractivity contribution in [2.75, 3.05) is 7.11 Å². The number of esters is 1. The molecule has 0 saturated heterocycles. The molecular weight excluding hydrogens is 467 g/mol. The van der Waals surface area contributed by atoms with Gasteiger partial charge in [0.1, 0.15) is 5.92 Å². The van der Waals surface area contributed by atoms with Gasteiger partial charge in [0.2, 0.25) is 0 Å². The van der Waals surface area contributed by atoms with Crippen molar-refractivity contribution >= 4 is 46.8 Å². The summed E-state index contributed by atoms with van der Waals surface area (Å²) in [6, 6.07) is 39.3. The second-order valence-corrected chi connectivity index (χ2v) is 9.19. The summed E-state index contributed by atoms with van der Waals surface area (Å²) in [6.45, 7) is 0. The third-order valence-electron chi connectivity index (χ3n) is 5.06. The summed E-state index contributed by atoms with van der Waals surface area (Å²) in [5, 5.41) is 3.78. The fraction of sp³-hybridized carbons (Fsp3) is 0.0741. The number of rotatable bonds is 6. The highest BCUT2D eigenvalue weighted by atomic mass is 79.9. The lowest BCUT2D eigenvalue weighted by Gasteiger charge is -2.22. The summed E-state index contributed by atoms with van der Waals surface area (Å²) in [5.74, 6) is -0.693. The first-order valence-corrected chi connectivity index (χ1v) is 11.2. The fourth-order valence-electron chi connectivity index (χ4n) is 3.67. The predicted molar refractivity (Wildman–Crippen MR) is 136 cm³/mol. The molecule has 0 radical (unpaired) electrons. The van der Waals surface area contributed by atoms with E-state index in [1.54, 1.807) is 0 Å². The summed E-state index contributed by atoms with van der Waals surface area (Å²) < 4.78 is 5.16. The third kappa shape index (κ3) is 5.31. The molecule has 0 aromatic heterocycles. The summed E-state index contributed by atoms with van der Waals surface area (Å²) in [7, 11) is 0.716. The standard InChI is InChI=1S/C27H23O2P.BrH/c1-29-27(28)26(21-12-5-2-6-13-21)22-14-11-19-25(20-22)30(23-15-7-3-8-16-23)24-17-9-4-10-18-24;/h2-20,26H,1H3;1H. The van der Waals surface area contributed by atoms with E-state index < -0.39 is 13.8 Å². The molecule has 0 amide bonds. The lowest BCUT2D eigenvalue weighted by atomic mass is 9.91. The molecule has 1 atom stereocenters. The van der Waals surface area contributed by atoms with Crippen molar-refractivity contribution in [3.63, 3.8) is 0 Å². The maximum absolute atomic E-state index is 12.7. The number of halogens is 1. The van der Waals surface area contributed by atoms with E-state index in [-0.39, 0.29) is 23.0 Å². The van der Waals surface area contributed by atoms with Crippen molar-refractivity contribution in [3.8, 4) is 0 Å². The van der Waals surface area contributed by atoms with Gasteiger partial charge in [-0.1, -0.05) is 109 Å². The Hall–Kier alpha value is -2.74. The Labute approximate surface area is 195 Å². The Balaban J connectivity index is 0.00000272. The number of methoxy groups -OCH3 is 1. The summed E-state index contributed by atoms with van der Waals surface area (Å²) in [6.07, 6.45) is 0. The third-order valence-corrected chi connectivity index (χ3v) is 7.48. The highest BCUT2D eigenvalue weighted by Gasteiger charge is 2.25. The molecule has 0 bridgehead atoms. The van der Waals surface area contributed by atoms with Crippen LogP contribution in [0.5, 0.6) is 0 Å². The van der Waals surface area contributed by atoms with Gasteiger partial charge in [0.25, 0.3) is 0 Å². The molecule has 156 valence electrons. The maximum Gasteiger partial charge on any atom is 0.317 e. The summed E-state index contributed by atoms with van der Waals surface area (Å²) in [4.78, 5) is 12.7. The average Bonchev–Trinajstić information content (AvgIpc) is 2.82. The number of ether oxygens (including phenoxy) is 1. The first-order chi connectivity index (χ1) is 14.8. The van der Waals surface area contributed by atoms with Gasteiger partial charge < -0.3 is 4.74 Å². The molecule has 4 rings (SSSR count). The van der Waals surface area contributed by atoms with Crippen LogP contribution in [0.2, 0.25) is 0 Å². The molecule has 1 unspecified atom stereocenters. The van der Waals surface area contributed by atoms with E-state index in [9.17, 15) is 4.79 Å². The van der Waals surface area contributed by atoms with Crippen molar-refractivity contribution in [1.29, 1.82) is 0 Å². The van der Waals surface area contributed by atoms with E-state index >= 15 is 0 Å². The maximum atomic E-state index is 12.7. The topological polar surface area (TPSA) is 26.3 Å². The SMILES string of the molecule is Br.COC(=O)C(c1ccccc1)c1cccc(P(c2ccccc2)c2ccccc2)c1. The fourth-order valence-corrected chi connectivity index (χ4v) is 6.02. The predicted octanol–water partition coefficient (Wildman–Crippen LogP) is 5.33. The monoisotopic (exact) mass is 490 g/mol. The number of carbonyl (C=O) groups is 1. The van der Waals surface area contributed by atoms with Crippen LogP contribution in [0, 0.1) is 0 Å². The number of hydrogen-bond acceptors (Lipinski definition) is 2. The van der Waals surface area contributed by atoms with E-state index in [0.29, 0.717) is 0 Å². The van der Waals surface area contributed by atoms with E-state index in [1.165, 1.54) is 23.0 Å². The molecule has 0 saturated carbocycles. The van der Waals surface area contributed by atoms with Gasteiger partial charge in [-0.15, -0.1) is 17.0 Å². The number of carbonyl (C=O) groups excluding carboxylic acids is 1. The molecule has 0 N–H and O–H groups in total. The van der Waals surface area contributed by atoms with E-state index in [4.69, 9.17) is 4.74 Å². The Bertz CT molecular complexity index is 1060. The molecule has 2 nitrogen and oxygen atoms in total. The highest BCUT2D eigenvalue weighted by Crippen LogP contribution is 2.34. The summed E-state index contributed by atoms with van der Waals surface area (Å²) in [5.41, 5.74) is 1.88. The van der Waals surface area contributed by atoms with Gasteiger partial charge in [0.15, 0.2) is 0 Å². The molecule has 0 heterocycles.